The molecule has 0 spiro atoms. The highest BCUT2D eigenvalue weighted by Gasteiger charge is 2.40. The van der Waals surface area contributed by atoms with E-state index in [9.17, 15) is 0 Å². The Morgan fingerprint density at radius 1 is 0.660 bits per heavy atom. The number of hydrogen-bond acceptors (Lipinski definition) is 2. The van der Waals surface area contributed by atoms with E-state index < -0.39 is 0 Å². The number of rotatable bonds is 6. The summed E-state index contributed by atoms with van der Waals surface area (Å²) in [5, 5.41) is 6.41. The molecule has 0 radical (unpaired) electrons. The van der Waals surface area contributed by atoms with Gasteiger partial charge >= 0.3 is 0 Å². The number of benzene rings is 6. The number of aliphatic imine (C=N–C) groups is 1. The van der Waals surface area contributed by atoms with Crippen LogP contribution in [0.1, 0.15) is 49.1 Å². The van der Waals surface area contributed by atoms with Crippen LogP contribution in [-0.2, 0) is 5.41 Å². The summed E-state index contributed by atoms with van der Waals surface area (Å²) in [6.45, 7) is 10.9. The molecule has 1 unspecified atom stereocenters. The molecule has 8 rings (SSSR count). The third kappa shape index (κ3) is 4.96. The van der Waals surface area contributed by atoms with Crippen molar-refractivity contribution in [3.8, 4) is 16.8 Å². The van der Waals surface area contributed by atoms with E-state index in [1.165, 1.54) is 49.7 Å². The Hall–Kier alpha value is -5.67. The second-order valence-corrected chi connectivity index (χ2v) is 13.1. The van der Waals surface area contributed by atoms with Gasteiger partial charge in [-0.1, -0.05) is 136 Å². The lowest BCUT2D eigenvalue weighted by molar-refractivity contribution is 0.474. The first-order valence-corrected chi connectivity index (χ1v) is 16.3. The number of nitrogens with one attached hydrogen (secondary N) is 1. The topological polar surface area (TPSA) is 29.3 Å². The highest BCUT2D eigenvalue weighted by atomic mass is 15.0. The van der Waals surface area contributed by atoms with Crippen molar-refractivity contribution in [2.45, 2.75) is 32.2 Å². The van der Waals surface area contributed by atoms with Crippen LogP contribution in [0.25, 0.3) is 44.3 Å². The van der Waals surface area contributed by atoms with Gasteiger partial charge in [-0.15, -0.1) is 0 Å². The highest BCUT2D eigenvalue weighted by Crippen LogP contribution is 2.50. The van der Waals surface area contributed by atoms with E-state index in [-0.39, 0.29) is 11.5 Å². The van der Waals surface area contributed by atoms with Gasteiger partial charge in [0.15, 0.2) is 0 Å². The SMILES string of the molecule is C=C(/N=C(\C)c1ccc(-c2ccc(-n3c4ccccc4c4cc5c(cc43)C(C)(C)C(c3ccccc3)N5)cc2)cc1)c1ccccc1. The lowest BCUT2D eigenvalue weighted by atomic mass is 9.77. The summed E-state index contributed by atoms with van der Waals surface area (Å²) in [5.41, 5.74) is 13.6. The standard InChI is InChI=1S/C44H37N3/c1-29(31-13-7-5-8-14-31)45-30(2)32-19-21-33(22-20-32)34-23-25-36(26-24-34)47-41-18-12-11-17-37(41)38-27-40-39(28-42(38)47)44(3,4)43(46-40)35-15-9-6-10-16-35/h5-28,43,46H,1H2,2-4H3/b45-30+. The zero-order valence-corrected chi connectivity index (χ0v) is 27.0. The second-order valence-electron chi connectivity index (χ2n) is 13.1. The Labute approximate surface area is 276 Å². The zero-order valence-electron chi connectivity index (χ0n) is 27.0. The smallest absolute Gasteiger partial charge is 0.0633 e. The van der Waals surface area contributed by atoms with Gasteiger partial charge in [0, 0.05) is 33.3 Å². The molecule has 1 N–H and O–H groups in total. The Balaban J connectivity index is 1.13. The van der Waals surface area contributed by atoms with Crippen molar-refractivity contribution in [3.05, 3.63) is 174 Å². The molecule has 0 saturated carbocycles. The number of hydrogen-bond donors (Lipinski definition) is 1. The third-order valence-electron chi connectivity index (χ3n) is 9.83. The Kier molecular flexibility index (Phi) is 6.91. The molecule has 6 aromatic carbocycles. The molecular formula is C44H37N3. The van der Waals surface area contributed by atoms with E-state index in [4.69, 9.17) is 4.99 Å². The number of aromatic nitrogens is 1. The molecule has 1 aromatic heterocycles. The van der Waals surface area contributed by atoms with Crippen LogP contribution >= 0.6 is 0 Å². The molecule has 7 aromatic rings. The predicted octanol–water partition coefficient (Wildman–Crippen LogP) is 11.4. The molecule has 1 aliphatic heterocycles. The van der Waals surface area contributed by atoms with Crippen LogP contribution in [0.4, 0.5) is 5.69 Å². The number of fused-ring (bicyclic) bond motifs is 4. The summed E-state index contributed by atoms with van der Waals surface area (Å²) in [5.74, 6) is 0. The first-order valence-electron chi connectivity index (χ1n) is 16.3. The molecule has 3 heteroatoms. The predicted molar refractivity (Wildman–Crippen MR) is 200 cm³/mol. The summed E-state index contributed by atoms with van der Waals surface area (Å²) >= 11 is 0. The Morgan fingerprint density at radius 2 is 1.28 bits per heavy atom. The van der Waals surface area contributed by atoms with Crippen LogP contribution in [0.15, 0.2) is 157 Å². The minimum absolute atomic E-state index is 0.0694. The maximum absolute atomic E-state index is 4.78. The number of anilines is 1. The molecule has 1 aliphatic rings. The van der Waals surface area contributed by atoms with Gasteiger partial charge in [0.25, 0.3) is 0 Å². The fourth-order valence-corrected chi connectivity index (χ4v) is 7.25. The van der Waals surface area contributed by atoms with E-state index in [0.29, 0.717) is 0 Å². The van der Waals surface area contributed by atoms with Crippen LogP contribution in [0, 0.1) is 0 Å². The van der Waals surface area contributed by atoms with Gasteiger partial charge in [0.2, 0.25) is 0 Å². The summed E-state index contributed by atoms with van der Waals surface area (Å²) in [6, 6.07) is 52.3. The lowest BCUT2D eigenvalue weighted by Crippen LogP contribution is -2.25. The third-order valence-corrected chi connectivity index (χ3v) is 9.83. The monoisotopic (exact) mass is 607 g/mol. The van der Waals surface area contributed by atoms with Gasteiger partial charge < -0.3 is 9.88 Å². The molecule has 0 bridgehead atoms. The maximum atomic E-state index is 4.78. The molecule has 0 amide bonds. The van der Waals surface area contributed by atoms with Gasteiger partial charge in [-0.3, -0.25) is 4.99 Å². The number of para-hydroxylation sites is 1. The lowest BCUT2D eigenvalue weighted by Gasteiger charge is -2.28. The van der Waals surface area contributed by atoms with Crippen molar-refractivity contribution in [1.82, 2.24) is 4.57 Å². The van der Waals surface area contributed by atoms with Crippen LogP contribution in [-0.4, -0.2) is 10.3 Å². The van der Waals surface area contributed by atoms with Gasteiger partial charge in [-0.05, 0) is 70.6 Å². The van der Waals surface area contributed by atoms with Gasteiger partial charge in [0.05, 0.1) is 22.8 Å². The molecule has 2 heterocycles. The van der Waals surface area contributed by atoms with Crippen LogP contribution in [0.2, 0.25) is 0 Å². The van der Waals surface area contributed by atoms with E-state index in [0.717, 1.165) is 28.2 Å². The van der Waals surface area contributed by atoms with Crippen LogP contribution < -0.4 is 5.32 Å². The Morgan fingerprint density at radius 3 is 1.98 bits per heavy atom. The van der Waals surface area contributed by atoms with Crippen LogP contribution in [0.3, 0.4) is 0 Å². The maximum Gasteiger partial charge on any atom is 0.0633 e. The minimum Gasteiger partial charge on any atom is -0.377 e. The minimum atomic E-state index is -0.0694. The molecule has 0 fully saturated rings. The van der Waals surface area contributed by atoms with Crippen molar-refractivity contribution >= 4 is 38.9 Å². The highest BCUT2D eigenvalue weighted by molar-refractivity contribution is 6.11. The summed E-state index contributed by atoms with van der Waals surface area (Å²) in [7, 11) is 0. The molecule has 228 valence electrons. The molecule has 1 atom stereocenters. The molecule has 0 saturated heterocycles. The van der Waals surface area contributed by atoms with E-state index in [1.807, 2.05) is 37.3 Å². The first-order chi connectivity index (χ1) is 22.9. The van der Waals surface area contributed by atoms with Gasteiger partial charge in [-0.2, -0.15) is 0 Å². The first kappa shape index (κ1) is 28.8. The average molecular weight is 608 g/mol. The van der Waals surface area contributed by atoms with Crippen LogP contribution in [0.5, 0.6) is 0 Å². The fourth-order valence-electron chi connectivity index (χ4n) is 7.25. The van der Waals surface area contributed by atoms with E-state index in [2.05, 4.69) is 146 Å². The second kappa shape index (κ2) is 11.3. The van der Waals surface area contributed by atoms with Crippen molar-refractivity contribution in [3.63, 3.8) is 0 Å². The fraction of sp³-hybridized carbons (Fsp3) is 0.114. The molecule has 3 nitrogen and oxygen atoms in total. The average Bonchev–Trinajstić information content (AvgIpc) is 3.58. The van der Waals surface area contributed by atoms with Crippen molar-refractivity contribution < 1.29 is 0 Å². The molecular weight excluding hydrogens is 571 g/mol. The summed E-state index contributed by atoms with van der Waals surface area (Å²) in [6.07, 6.45) is 0. The van der Waals surface area contributed by atoms with E-state index >= 15 is 0 Å². The number of nitrogens with zero attached hydrogens (tertiary/aromatic N) is 2. The molecule has 0 aliphatic carbocycles. The zero-order chi connectivity index (χ0) is 32.1. The summed E-state index contributed by atoms with van der Waals surface area (Å²) in [4.78, 5) is 4.78. The normalized spacial score (nSPS) is 15.5. The quantitative estimate of drug-likeness (QED) is 0.187. The Bertz CT molecular complexity index is 2290. The van der Waals surface area contributed by atoms with Crippen molar-refractivity contribution in [2.75, 3.05) is 5.32 Å². The van der Waals surface area contributed by atoms with Gasteiger partial charge in [-0.25, -0.2) is 0 Å². The molecule has 47 heavy (non-hydrogen) atoms. The largest absolute Gasteiger partial charge is 0.377 e. The van der Waals surface area contributed by atoms with Crippen molar-refractivity contribution in [1.29, 1.82) is 0 Å². The summed E-state index contributed by atoms with van der Waals surface area (Å²) < 4.78 is 2.42. The van der Waals surface area contributed by atoms with Gasteiger partial charge in [0.1, 0.15) is 0 Å². The van der Waals surface area contributed by atoms with Crippen molar-refractivity contribution in [2.24, 2.45) is 4.99 Å². The van der Waals surface area contributed by atoms with E-state index in [1.54, 1.807) is 0 Å².